The quantitative estimate of drug-likeness (QED) is 0.701. The molecule has 0 aromatic heterocycles. The van der Waals surface area contributed by atoms with E-state index in [4.69, 9.17) is 5.11 Å². The smallest absolute Gasteiger partial charge is 0.0793 e. The van der Waals surface area contributed by atoms with Crippen LogP contribution in [0.4, 0.5) is 0 Å². The maximum Gasteiger partial charge on any atom is 0.0793 e. The van der Waals surface area contributed by atoms with E-state index in [0.717, 1.165) is 64.8 Å². The fourth-order valence-corrected chi connectivity index (χ4v) is 3.24. The molecule has 5 nitrogen and oxygen atoms in total. The predicted molar refractivity (Wildman–Crippen MR) is 80.8 cm³/mol. The van der Waals surface area contributed by atoms with Crippen LogP contribution in [-0.2, 0) is 0 Å². The molecule has 2 N–H and O–H groups in total. The molecule has 2 heterocycles. The molecule has 0 aliphatic carbocycles. The molecule has 2 fully saturated rings. The number of piperidine rings is 1. The third kappa shape index (κ3) is 5.30. The molecule has 2 rings (SSSR count). The number of hydrogen-bond acceptors (Lipinski definition) is 5. The number of rotatable bonds is 6. The zero-order chi connectivity index (χ0) is 14.4. The first-order valence-corrected chi connectivity index (χ1v) is 8.13. The maximum absolute atomic E-state index is 10.3. The average Bonchev–Trinajstić information content (AvgIpc) is 2.44. The van der Waals surface area contributed by atoms with Crippen LogP contribution in [0.15, 0.2) is 0 Å². The van der Waals surface area contributed by atoms with Crippen LogP contribution in [0.2, 0.25) is 0 Å². The molecule has 2 saturated heterocycles. The lowest BCUT2D eigenvalue weighted by atomic mass is 9.99. The van der Waals surface area contributed by atoms with E-state index in [0.29, 0.717) is 0 Å². The molecule has 0 spiro atoms. The fraction of sp³-hybridized carbons (Fsp3) is 1.00. The van der Waals surface area contributed by atoms with Gasteiger partial charge in [0, 0.05) is 45.8 Å². The number of aliphatic hydroxyl groups excluding tert-OH is 2. The molecule has 0 unspecified atom stereocenters. The van der Waals surface area contributed by atoms with Gasteiger partial charge in [-0.25, -0.2) is 0 Å². The molecule has 0 aromatic carbocycles. The first kappa shape index (κ1) is 16.2. The van der Waals surface area contributed by atoms with Crippen molar-refractivity contribution in [3.63, 3.8) is 0 Å². The number of β-amino-alcohol motifs (C(OH)–C–C–N with tert-alkyl or cyclic N) is 2. The fourth-order valence-electron chi connectivity index (χ4n) is 3.24. The van der Waals surface area contributed by atoms with Crippen molar-refractivity contribution in [2.45, 2.75) is 25.9 Å². The lowest BCUT2D eigenvalue weighted by molar-refractivity contribution is 0.0400. The van der Waals surface area contributed by atoms with Crippen molar-refractivity contribution in [2.24, 2.45) is 5.92 Å². The summed E-state index contributed by atoms with van der Waals surface area (Å²) in [5.74, 6) is 0.850. The monoisotopic (exact) mass is 285 g/mol. The van der Waals surface area contributed by atoms with Gasteiger partial charge in [-0.3, -0.25) is 9.80 Å². The predicted octanol–water partition coefficient (Wildman–Crippen LogP) is -0.311. The summed E-state index contributed by atoms with van der Waals surface area (Å²) < 4.78 is 0. The van der Waals surface area contributed by atoms with Gasteiger partial charge < -0.3 is 15.1 Å². The summed E-state index contributed by atoms with van der Waals surface area (Å²) in [5.41, 5.74) is 0. The lowest BCUT2D eigenvalue weighted by Crippen LogP contribution is -2.50. The Balaban J connectivity index is 1.61. The highest BCUT2D eigenvalue weighted by molar-refractivity contribution is 4.77. The van der Waals surface area contributed by atoms with Crippen molar-refractivity contribution in [3.05, 3.63) is 0 Å². The molecule has 0 saturated carbocycles. The molecule has 0 aromatic rings. The van der Waals surface area contributed by atoms with Gasteiger partial charge in [0.2, 0.25) is 0 Å². The number of piperazine rings is 1. The minimum absolute atomic E-state index is 0.229. The molecule has 1 atom stereocenters. The van der Waals surface area contributed by atoms with Crippen LogP contribution in [0.1, 0.15) is 19.8 Å². The Morgan fingerprint density at radius 2 is 1.40 bits per heavy atom. The number of likely N-dealkylation sites (tertiary alicyclic amines) is 1. The highest BCUT2D eigenvalue weighted by atomic mass is 16.3. The summed E-state index contributed by atoms with van der Waals surface area (Å²) in [7, 11) is 0. The Kier molecular flexibility index (Phi) is 6.71. The maximum atomic E-state index is 10.3. The van der Waals surface area contributed by atoms with E-state index in [1.165, 1.54) is 12.8 Å². The Morgan fingerprint density at radius 3 is 1.95 bits per heavy atom. The van der Waals surface area contributed by atoms with Gasteiger partial charge in [0.15, 0.2) is 0 Å². The Labute approximate surface area is 123 Å². The lowest BCUT2D eigenvalue weighted by Gasteiger charge is -2.37. The molecule has 0 amide bonds. The minimum atomic E-state index is -0.229. The zero-order valence-corrected chi connectivity index (χ0v) is 12.9. The van der Waals surface area contributed by atoms with E-state index < -0.39 is 0 Å². The summed E-state index contributed by atoms with van der Waals surface area (Å²) in [6.45, 7) is 11.3. The van der Waals surface area contributed by atoms with Gasteiger partial charge in [0.05, 0.1) is 12.7 Å². The Bertz CT molecular complexity index is 262. The number of nitrogens with zero attached hydrogens (tertiary/aromatic N) is 3. The van der Waals surface area contributed by atoms with Crippen LogP contribution >= 0.6 is 0 Å². The molecule has 0 radical (unpaired) electrons. The number of hydrogen-bond donors (Lipinski definition) is 2. The third-order valence-electron chi connectivity index (χ3n) is 4.70. The minimum Gasteiger partial charge on any atom is -0.395 e. The van der Waals surface area contributed by atoms with Crippen LogP contribution in [0.3, 0.4) is 0 Å². The van der Waals surface area contributed by atoms with E-state index in [1.807, 2.05) is 0 Å². The molecule has 2 aliphatic heterocycles. The second kappa shape index (κ2) is 8.29. The highest BCUT2D eigenvalue weighted by Gasteiger charge is 2.22. The molecule has 20 heavy (non-hydrogen) atoms. The molecule has 2 aliphatic rings. The van der Waals surface area contributed by atoms with Gasteiger partial charge >= 0.3 is 0 Å². The van der Waals surface area contributed by atoms with E-state index in [1.54, 1.807) is 0 Å². The third-order valence-corrected chi connectivity index (χ3v) is 4.70. The normalized spacial score (nSPS) is 25.9. The molecule has 5 heteroatoms. The molecule has 118 valence electrons. The van der Waals surface area contributed by atoms with Crippen molar-refractivity contribution < 1.29 is 10.2 Å². The summed E-state index contributed by atoms with van der Waals surface area (Å²) in [4.78, 5) is 7.05. The van der Waals surface area contributed by atoms with Crippen molar-refractivity contribution in [2.75, 3.05) is 65.5 Å². The van der Waals surface area contributed by atoms with E-state index in [2.05, 4.69) is 21.6 Å². The average molecular weight is 285 g/mol. The van der Waals surface area contributed by atoms with Crippen molar-refractivity contribution >= 4 is 0 Å². The largest absolute Gasteiger partial charge is 0.395 e. The van der Waals surface area contributed by atoms with Crippen LogP contribution in [0.5, 0.6) is 0 Å². The van der Waals surface area contributed by atoms with Gasteiger partial charge in [-0.2, -0.15) is 0 Å². The summed E-state index contributed by atoms with van der Waals surface area (Å²) in [6.07, 6.45) is 2.31. The van der Waals surface area contributed by atoms with Crippen LogP contribution in [-0.4, -0.2) is 96.5 Å². The first-order valence-electron chi connectivity index (χ1n) is 8.13. The number of aliphatic hydroxyl groups is 2. The highest BCUT2D eigenvalue weighted by Crippen LogP contribution is 2.16. The summed E-state index contributed by atoms with van der Waals surface area (Å²) in [6, 6.07) is 0. The SMILES string of the molecule is CC1CCN(C[C@@H](O)CN2CCN(CCO)CC2)CC1. The Hall–Kier alpha value is -0.200. The van der Waals surface area contributed by atoms with Crippen molar-refractivity contribution in [3.8, 4) is 0 Å². The van der Waals surface area contributed by atoms with Crippen molar-refractivity contribution in [1.29, 1.82) is 0 Å². The Morgan fingerprint density at radius 1 is 0.900 bits per heavy atom. The van der Waals surface area contributed by atoms with Crippen LogP contribution in [0, 0.1) is 5.92 Å². The van der Waals surface area contributed by atoms with Crippen LogP contribution < -0.4 is 0 Å². The van der Waals surface area contributed by atoms with Gasteiger partial charge in [0.1, 0.15) is 0 Å². The topological polar surface area (TPSA) is 50.2 Å². The molecular formula is C15H31N3O2. The summed E-state index contributed by atoms with van der Waals surface area (Å²) >= 11 is 0. The van der Waals surface area contributed by atoms with E-state index >= 15 is 0 Å². The first-order chi connectivity index (χ1) is 9.67. The van der Waals surface area contributed by atoms with Gasteiger partial charge in [-0.05, 0) is 31.8 Å². The second-order valence-electron chi connectivity index (χ2n) is 6.50. The van der Waals surface area contributed by atoms with Gasteiger partial charge in [-0.15, -0.1) is 0 Å². The molecular weight excluding hydrogens is 254 g/mol. The molecule has 0 bridgehead atoms. The van der Waals surface area contributed by atoms with E-state index in [-0.39, 0.29) is 12.7 Å². The van der Waals surface area contributed by atoms with Crippen molar-refractivity contribution in [1.82, 2.24) is 14.7 Å². The van der Waals surface area contributed by atoms with E-state index in [9.17, 15) is 5.11 Å². The van der Waals surface area contributed by atoms with Crippen LogP contribution in [0.25, 0.3) is 0 Å². The standard InChI is InChI=1S/C15H31N3O2/c1-14-2-4-17(5-3-14)12-15(20)13-18-8-6-16(7-9-18)10-11-19/h14-15,19-20H,2-13H2,1H3/t15-/m1/s1. The summed E-state index contributed by atoms with van der Waals surface area (Å²) in [5, 5.41) is 19.2. The zero-order valence-electron chi connectivity index (χ0n) is 12.9. The van der Waals surface area contributed by atoms with Gasteiger partial charge in [0.25, 0.3) is 0 Å². The van der Waals surface area contributed by atoms with Gasteiger partial charge in [-0.1, -0.05) is 6.92 Å². The second-order valence-corrected chi connectivity index (χ2v) is 6.50.